The number of amides is 5. The lowest BCUT2D eigenvalue weighted by Crippen LogP contribution is -2.58. The average Bonchev–Trinajstić information content (AvgIpc) is 3.79. The van der Waals surface area contributed by atoms with E-state index in [1.54, 1.807) is 23.7 Å². The first-order chi connectivity index (χ1) is 22.0. The quantitative estimate of drug-likeness (QED) is 0.224. The predicted molar refractivity (Wildman–Crippen MR) is 169 cm³/mol. The van der Waals surface area contributed by atoms with E-state index in [1.165, 1.54) is 16.2 Å². The van der Waals surface area contributed by atoms with Gasteiger partial charge in [-0.2, -0.15) is 0 Å². The van der Waals surface area contributed by atoms with E-state index < -0.39 is 72.1 Å². The van der Waals surface area contributed by atoms with E-state index in [4.69, 9.17) is 0 Å². The van der Waals surface area contributed by atoms with Crippen LogP contribution >= 0.6 is 11.3 Å². The summed E-state index contributed by atoms with van der Waals surface area (Å²) in [6.45, 7) is 3.95. The lowest BCUT2D eigenvalue weighted by molar-refractivity contribution is -0.146. The maximum atomic E-state index is 13.9. The fourth-order valence-electron chi connectivity index (χ4n) is 6.07. The highest BCUT2D eigenvalue weighted by Gasteiger charge is 2.41. The van der Waals surface area contributed by atoms with Gasteiger partial charge in [0.2, 0.25) is 29.5 Å². The number of nitrogens with zero attached hydrogens (tertiary/aromatic N) is 1. The van der Waals surface area contributed by atoms with E-state index in [1.807, 2.05) is 38.1 Å². The number of aromatic nitrogens is 1. The molecule has 0 saturated carbocycles. The van der Waals surface area contributed by atoms with Crippen LogP contribution in [0.15, 0.2) is 48.0 Å². The van der Waals surface area contributed by atoms with Crippen LogP contribution < -0.4 is 21.3 Å². The molecule has 2 aliphatic heterocycles. The lowest BCUT2D eigenvalue weighted by atomic mass is 10.00. The molecule has 0 bridgehead atoms. The van der Waals surface area contributed by atoms with Crippen molar-refractivity contribution in [2.24, 2.45) is 5.92 Å². The maximum Gasteiger partial charge on any atom is 0.305 e. The molecule has 5 rings (SSSR count). The Morgan fingerprint density at radius 3 is 2.35 bits per heavy atom. The number of benzene rings is 1. The van der Waals surface area contributed by atoms with E-state index in [0.717, 1.165) is 10.9 Å². The zero-order valence-electron chi connectivity index (χ0n) is 25.6. The van der Waals surface area contributed by atoms with Crippen molar-refractivity contribution < 1.29 is 33.9 Å². The van der Waals surface area contributed by atoms with E-state index in [9.17, 15) is 33.9 Å². The standard InChI is InChI=1S/C32H38N6O7S/c1-17(2)13-21-28(41)34-22(14-18-16-33-20-8-4-3-7-19(18)20)29(42)36-23(15-26(39)40)32(45)38-11-5-9-24(38)30(43)37-27(31(44)35-21)25-10-6-12-46-25/h3-4,6-8,10,12,16-17,21-24,27,33H,5,9,11,13-15H2,1-2H3,(H,34,41)(H,35,44)(H,36,42)(H,37,43)(H,39,40)/t21-,22+,23+,24-,27+/m1/s1. The monoisotopic (exact) mass is 650 g/mol. The molecule has 0 spiro atoms. The van der Waals surface area contributed by atoms with Gasteiger partial charge in [0.25, 0.3) is 0 Å². The van der Waals surface area contributed by atoms with Crippen LogP contribution in [0.1, 0.15) is 56.0 Å². The Hall–Kier alpha value is -4.72. The Morgan fingerprint density at radius 2 is 1.63 bits per heavy atom. The van der Waals surface area contributed by atoms with E-state index in [-0.39, 0.29) is 25.3 Å². The Kier molecular flexibility index (Phi) is 10.0. The highest BCUT2D eigenvalue weighted by Crippen LogP contribution is 2.25. The Labute approximate surface area is 269 Å². The number of fused-ring (bicyclic) bond motifs is 2. The minimum absolute atomic E-state index is 0.0160. The molecule has 13 nitrogen and oxygen atoms in total. The summed E-state index contributed by atoms with van der Waals surface area (Å²) in [5.41, 5.74) is 1.54. The first kappa shape index (κ1) is 32.7. The van der Waals surface area contributed by atoms with Crippen molar-refractivity contribution in [1.82, 2.24) is 31.2 Å². The molecular weight excluding hydrogens is 612 g/mol. The Balaban J connectivity index is 1.55. The van der Waals surface area contributed by atoms with Gasteiger partial charge in [0.05, 0.1) is 6.42 Å². The van der Waals surface area contributed by atoms with E-state index in [0.29, 0.717) is 23.3 Å². The van der Waals surface area contributed by atoms with E-state index in [2.05, 4.69) is 26.3 Å². The van der Waals surface area contributed by atoms with Gasteiger partial charge in [-0.1, -0.05) is 38.1 Å². The molecule has 2 aliphatic rings. The number of nitrogens with one attached hydrogen (secondary N) is 5. The summed E-state index contributed by atoms with van der Waals surface area (Å²) in [5, 5.41) is 23.2. The van der Waals surface area contributed by atoms with Gasteiger partial charge in [-0.05, 0) is 48.3 Å². The van der Waals surface area contributed by atoms with Crippen molar-refractivity contribution >= 4 is 57.7 Å². The average molecular weight is 651 g/mol. The van der Waals surface area contributed by atoms with Crippen LogP contribution in [0.4, 0.5) is 0 Å². The normalized spacial score (nSPS) is 24.9. The maximum absolute atomic E-state index is 13.9. The van der Waals surface area contributed by atoms with Gasteiger partial charge in [0.15, 0.2) is 0 Å². The first-order valence-corrected chi connectivity index (χ1v) is 16.2. The third-order valence-electron chi connectivity index (χ3n) is 8.28. The van der Waals surface area contributed by atoms with E-state index >= 15 is 0 Å². The van der Waals surface area contributed by atoms with Crippen LogP contribution in [-0.4, -0.2) is 81.2 Å². The second-order valence-electron chi connectivity index (χ2n) is 12.1. The highest BCUT2D eigenvalue weighted by molar-refractivity contribution is 7.10. The SMILES string of the molecule is CC(C)C[C@H]1NC(=O)[C@H](c2cccs2)NC(=O)[C@H]2CCCN2C(=O)[C@H](CC(=O)O)NC(=O)[C@H](Cc2c[nH]c3ccccc23)NC1=O. The summed E-state index contributed by atoms with van der Waals surface area (Å²) in [6.07, 6.45) is 2.02. The molecule has 5 amide bonds. The van der Waals surface area contributed by atoms with Crippen molar-refractivity contribution in [2.45, 2.75) is 76.2 Å². The molecule has 6 N–H and O–H groups in total. The molecule has 244 valence electrons. The molecule has 1 aromatic carbocycles. The molecule has 3 aromatic rings. The Bertz CT molecular complexity index is 1620. The van der Waals surface area contributed by atoms with Crippen LogP contribution in [0.25, 0.3) is 10.9 Å². The summed E-state index contributed by atoms with van der Waals surface area (Å²) in [7, 11) is 0. The molecule has 2 saturated heterocycles. The van der Waals surface area contributed by atoms with Gasteiger partial charge in [0.1, 0.15) is 30.2 Å². The lowest BCUT2D eigenvalue weighted by Gasteiger charge is -2.29. The second-order valence-corrected chi connectivity index (χ2v) is 13.1. The molecule has 2 aromatic heterocycles. The number of carbonyl (C=O) groups is 6. The van der Waals surface area contributed by atoms with Crippen molar-refractivity contribution in [3.8, 4) is 0 Å². The molecule has 0 radical (unpaired) electrons. The molecule has 0 aliphatic carbocycles. The van der Waals surface area contributed by atoms with Gasteiger partial charge in [0, 0.05) is 34.9 Å². The van der Waals surface area contributed by atoms with Gasteiger partial charge in [-0.15, -0.1) is 11.3 Å². The third-order valence-corrected chi connectivity index (χ3v) is 9.22. The van der Waals surface area contributed by atoms with Crippen LogP contribution in [0.5, 0.6) is 0 Å². The summed E-state index contributed by atoms with van der Waals surface area (Å²) >= 11 is 1.26. The molecular formula is C32H38N6O7S. The zero-order chi connectivity index (χ0) is 33.0. The topological polar surface area (TPSA) is 190 Å². The van der Waals surface area contributed by atoms with Crippen molar-refractivity contribution in [2.75, 3.05) is 6.54 Å². The number of carboxylic acid groups (broad SMARTS) is 1. The largest absolute Gasteiger partial charge is 0.481 e. The van der Waals surface area contributed by atoms with Gasteiger partial charge >= 0.3 is 5.97 Å². The number of carboxylic acids is 1. The zero-order valence-corrected chi connectivity index (χ0v) is 26.4. The van der Waals surface area contributed by atoms with Gasteiger partial charge < -0.3 is 36.3 Å². The number of rotatable bonds is 7. The van der Waals surface area contributed by atoms with Crippen molar-refractivity contribution in [3.05, 3.63) is 58.4 Å². The van der Waals surface area contributed by atoms with Gasteiger partial charge in [-0.25, -0.2) is 0 Å². The number of carbonyl (C=O) groups excluding carboxylic acids is 5. The summed E-state index contributed by atoms with van der Waals surface area (Å²) in [6, 6.07) is 4.97. The molecule has 46 heavy (non-hydrogen) atoms. The number of aromatic amines is 1. The summed E-state index contributed by atoms with van der Waals surface area (Å²) in [5.74, 6) is -4.66. The number of hydrogen-bond donors (Lipinski definition) is 6. The molecule has 2 fully saturated rings. The number of para-hydroxylation sites is 1. The summed E-state index contributed by atoms with van der Waals surface area (Å²) < 4.78 is 0. The molecule has 14 heteroatoms. The first-order valence-electron chi connectivity index (χ1n) is 15.3. The smallest absolute Gasteiger partial charge is 0.305 e. The molecule has 5 atom stereocenters. The predicted octanol–water partition coefficient (Wildman–Crippen LogP) is 1.61. The fraction of sp³-hybridized carbons (Fsp3) is 0.438. The Morgan fingerprint density at radius 1 is 0.913 bits per heavy atom. The third kappa shape index (κ3) is 7.39. The minimum Gasteiger partial charge on any atom is -0.481 e. The minimum atomic E-state index is -1.50. The van der Waals surface area contributed by atoms with Crippen LogP contribution in [0.3, 0.4) is 0 Å². The highest BCUT2D eigenvalue weighted by atomic mass is 32.1. The number of hydrogen-bond acceptors (Lipinski definition) is 7. The second kappa shape index (κ2) is 14.1. The molecule has 4 heterocycles. The summed E-state index contributed by atoms with van der Waals surface area (Å²) in [4.78, 5) is 85.8. The number of thiophene rings is 1. The van der Waals surface area contributed by atoms with Crippen molar-refractivity contribution in [1.29, 1.82) is 0 Å². The number of H-pyrrole nitrogens is 1. The van der Waals surface area contributed by atoms with Crippen LogP contribution in [-0.2, 0) is 35.2 Å². The van der Waals surface area contributed by atoms with Crippen LogP contribution in [0.2, 0.25) is 0 Å². The number of aliphatic carboxylic acids is 1. The molecule has 0 unspecified atom stereocenters. The van der Waals surface area contributed by atoms with Gasteiger partial charge in [-0.3, -0.25) is 28.8 Å². The van der Waals surface area contributed by atoms with Crippen LogP contribution in [0, 0.1) is 5.92 Å². The van der Waals surface area contributed by atoms with Crippen molar-refractivity contribution in [3.63, 3.8) is 0 Å². The fourth-order valence-corrected chi connectivity index (χ4v) is 6.84.